The van der Waals surface area contributed by atoms with Gasteiger partial charge in [-0.15, -0.1) is 0 Å². The summed E-state index contributed by atoms with van der Waals surface area (Å²) in [7, 11) is 0.166. The minimum atomic E-state index is -1.02. The van der Waals surface area contributed by atoms with E-state index in [1.165, 1.54) is 0 Å². The number of rotatable bonds is 3. The highest BCUT2D eigenvalue weighted by Crippen LogP contribution is 2.01. The third-order valence-corrected chi connectivity index (χ3v) is 2.86. The smallest absolute Gasteiger partial charge is 0.125 e. The molecule has 0 aromatic rings. The molecule has 1 unspecified atom stereocenters. The van der Waals surface area contributed by atoms with Crippen LogP contribution in [0.25, 0.3) is 0 Å². The van der Waals surface area contributed by atoms with Crippen LogP contribution in [0.4, 0.5) is 0 Å². The number of halogens is 1. The number of hydrogen-bond acceptors (Lipinski definition) is 2. The molecule has 0 aliphatic rings. The number of aliphatic carboxylic acids is 1. The van der Waals surface area contributed by atoms with Crippen LogP contribution in [0.5, 0.6) is 0 Å². The summed E-state index contributed by atoms with van der Waals surface area (Å²) in [5.74, 6) is -0.362. The van der Waals surface area contributed by atoms with Crippen LogP contribution in [0, 0.1) is 0 Å². The van der Waals surface area contributed by atoms with Gasteiger partial charge in [0.25, 0.3) is 0 Å². The third kappa shape index (κ3) is 4.78. The molecule has 0 aliphatic heterocycles. The van der Waals surface area contributed by atoms with Gasteiger partial charge in [-0.25, -0.2) is 0 Å². The molecule has 0 aliphatic carbocycles. The Morgan fingerprint density at radius 3 is 2.33 bits per heavy atom. The lowest BCUT2D eigenvalue weighted by molar-refractivity contribution is -0.304. The molecule has 0 radical (unpaired) electrons. The number of alkyl halides is 1. The van der Waals surface area contributed by atoms with Gasteiger partial charge in [0, 0.05) is 0 Å². The van der Waals surface area contributed by atoms with Crippen molar-refractivity contribution < 1.29 is 9.90 Å². The second-order valence-electron chi connectivity index (χ2n) is 1.94. The molecule has 0 spiro atoms. The van der Waals surface area contributed by atoms with E-state index in [1.54, 1.807) is 0 Å². The van der Waals surface area contributed by atoms with Crippen LogP contribution in [-0.4, -0.2) is 29.1 Å². The summed E-state index contributed by atoms with van der Waals surface area (Å²) < 4.78 is 0. The van der Waals surface area contributed by atoms with E-state index in [9.17, 15) is 9.90 Å². The van der Waals surface area contributed by atoms with Crippen molar-refractivity contribution in [3.05, 3.63) is 0 Å². The van der Waals surface area contributed by atoms with Gasteiger partial charge in [-0.1, -0.05) is 15.9 Å². The van der Waals surface area contributed by atoms with Crippen molar-refractivity contribution in [2.24, 2.45) is 0 Å². The maximum absolute atomic E-state index is 10.1. The number of hydrogen-bond donors (Lipinski definition) is 0. The third-order valence-electron chi connectivity index (χ3n) is 0.735. The molecule has 2 nitrogen and oxygen atoms in total. The normalized spacial score (nSPS) is 13.8. The van der Waals surface area contributed by atoms with Gasteiger partial charge in [-0.3, -0.25) is 0 Å². The molecule has 0 saturated carbocycles. The van der Waals surface area contributed by atoms with Crippen molar-refractivity contribution in [1.29, 1.82) is 0 Å². The summed E-state index contributed by atoms with van der Waals surface area (Å²) in [5.41, 5.74) is 0. The van der Waals surface area contributed by atoms with E-state index in [-0.39, 0.29) is 10.9 Å². The van der Waals surface area contributed by atoms with Crippen LogP contribution in [0.2, 0.25) is 0 Å². The zero-order chi connectivity index (χ0) is 7.44. The Bertz CT molecular complexity index is 105. The first-order chi connectivity index (χ1) is 4.04. The zero-order valence-electron chi connectivity index (χ0n) is 5.39. The minimum Gasteiger partial charge on any atom is -0.549 e. The Morgan fingerprint density at radius 1 is 1.78 bits per heavy atom. The highest BCUT2D eigenvalue weighted by molar-refractivity contribution is 9.10. The van der Waals surface area contributed by atoms with E-state index >= 15 is 0 Å². The standard InChI is InChI=1S/C5H9BrO2S/c1-9(2)3-4(6)5(7)8/h4H,3H2,1-2H3. The van der Waals surface area contributed by atoms with E-state index in [0.29, 0.717) is 5.75 Å². The molecule has 0 saturated heterocycles. The summed E-state index contributed by atoms with van der Waals surface area (Å²) in [6, 6.07) is 0. The van der Waals surface area contributed by atoms with Crippen molar-refractivity contribution in [3.63, 3.8) is 0 Å². The van der Waals surface area contributed by atoms with Crippen molar-refractivity contribution in [1.82, 2.24) is 0 Å². The Balaban J connectivity index is 3.50. The average molecular weight is 213 g/mol. The predicted molar refractivity (Wildman–Crippen MR) is 41.8 cm³/mol. The molecule has 0 fully saturated rings. The monoisotopic (exact) mass is 212 g/mol. The zero-order valence-corrected chi connectivity index (χ0v) is 7.79. The van der Waals surface area contributed by atoms with E-state index in [4.69, 9.17) is 0 Å². The average Bonchev–Trinajstić information content (AvgIpc) is 1.63. The Morgan fingerprint density at radius 2 is 2.22 bits per heavy atom. The van der Waals surface area contributed by atoms with Gasteiger partial charge in [0.05, 0.1) is 23.3 Å². The molecule has 9 heavy (non-hydrogen) atoms. The van der Waals surface area contributed by atoms with Gasteiger partial charge in [0.2, 0.25) is 0 Å². The summed E-state index contributed by atoms with van der Waals surface area (Å²) in [6.45, 7) is 0. The fourth-order valence-electron chi connectivity index (χ4n) is 0.361. The first-order valence-corrected chi connectivity index (χ1v) is 5.55. The number of carbonyl (C=O) groups excluding carboxylic acids is 1. The van der Waals surface area contributed by atoms with E-state index in [0.717, 1.165) is 0 Å². The molecule has 54 valence electrons. The van der Waals surface area contributed by atoms with Crippen LogP contribution in [0.15, 0.2) is 0 Å². The number of carboxylic acids is 1. The fraction of sp³-hybridized carbons (Fsp3) is 0.800. The lowest BCUT2D eigenvalue weighted by atomic mass is 10.5. The fourth-order valence-corrected chi connectivity index (χ4v) is 2.67. The van der Waals surface area contributed by atoms with E-state index in [2.05, 4.69) is 15.9 Å². The lowest BCUT2D eigenvalue weighted by Gasteiger charge is -2.06. The van der Waals surface area contributed by atoms with Crippen molar-refractivity contribution >= 4 is 32.8 Å². The second kappa shape index (κ2) is 4.17. The second-order valence-corrected chi connectivity index (χ2v) is 5.35. The molecule has 4 heteroatoms. The molecule has 0 rings (SSSR count). The minimum absolute atomic E-state index is 0.166. The highest BCUT2D eigenvalue weighted by Gasteiger charge is 2.12. The maximum atomic E-state index is 10.1. The molecule has 0 aromatic heterocycles. The topological polar surface area (TPSA) is 40.1 Å². The van der Waals surface area contributed by atoms with Gasteiger partial charge < -0.3 is 9.90 Å². The molecule has 1 atom stereocenters. The largest absolute Gasteiger partial charge is 0.549 e. The lowest BCUT2D eigenvalue weighted by Crippen LogP contribution is -2.35. The molecular weight excluding hydrogens is 204 g/mol. The number of carboxylic acid groups (broad SMARTS) is 1. The Kier molecular flexibility index (Phi) is 4.31. The first-order valence-electron chi connectivity index (χ1n) is 2.43. The van der Waals surface area contributed by atoms with Crippen LogP contribution in [0.1, 0.15) is 0 Å². The molecule has 0 bridgehead atoms. The Hall–Kier alpha value is 0.300. The van der Waals surface area contributed by atoms with Crippen molar-refractivity contribution in [2.45, 2.75) is 4.83 Å². The van der Waals surface area contributed by atoms with Crippen molar-refractivity contribution in [3.8, 4) is 0 Å². The molecule has 0 amide bonds. The highest BCUT2D eigenvalue weighted by atomic mass is 79.9. The van der Waals surface area contributed by atoms with Crippen LogP contribution < -0.4 is 5.11 Å². The molecule has 0 N–H and O–H groups in total. The van der Waals surface area contributed by atoms with E-state index < -0.39 is 10.8 Å². The van der Waals surface area contributed by atoms with Gasteiger partial charge in [0.1, 0.15) is 5.75 Å². The Labute approximate surface area is 66.1 Å². The number of carbonyl (C=O) groups is 1. The van der Waals surface area contributed by atoms with Crippen molar-refractivity contribution in [2.75, 3.05) is 18.3 Å². The summed E-state index contributed by atoms with van der Waals surface area (Å²) >= 11 is 2.99. The van der Waals surface area contributed by atoms with Gasteiger partial charge in [0.15, 0.2) is 0 Å². The molecule has 0 aromatic carbocycles. The predicted octanol–water partition coefficient (Wildman–Crippen LogP) is -0.622. The SMILES string of the molecule is C[S+](C)CC(Br)C(=O)[O-]. The molecule has 0 heterocycles. The van der Waals surface area contributed by atoms with E-state index in [1.807, 2.05) is 12.5 Å². The van der Waals surface area contributed by atoms with Gasteiger partial charge in [-0.05, 0) is 10.9 Å². The summed E-state index contributed by atoms with van der Waals surface area (Å²) in [4.78, 5) is 9.61. The van der Waals surface area contributed by atoms with Crippen LogP contribution in [-0.2, 0) is 15.7 Å². The van der Waals surface area contributed by atoms with Crippen LogP contribution >= 0.6 is 15.9 Å². The first kappa shape index (κ1) is 9.30. The quantitative estimate of drug-likeness (QED) is 0.463. The van der Waals surface area contributed by atoms with Gasteiger partial charge in [-0.2, -0.15) is 0 Å². The van der Waals surface area contributed by atoms with Gasteiger partial charge >= 0.3 is 0 Å². The van der Waals surface area contributed by atoms with Crippen LogP contribution in [0.3, 0.4) is 0 Å². The summed E-state index contributed by atoms with van der Waals surface area (Å²) in [5, 5.41) is 10.1. The molecular formula is C5H9BrO2S. The summed E-state index contributed by atoms with van der Waals surface area (Å²) in [6.07, 6.45) is 3.99. The maximum Gasteiger partial charge on any atom is 0.125 e.